The van der Waals surface area contributed by atoms with E-state index in [0.29, 0.717) is 24.9 Å². The zero-order valence-corrected chi connectivity index (χ0v) is 24.7. The summed E-state index contributed by atoms with van der Waals surface area (Å²) in [5, 5.41) is 9.35. The summed E-state index contributed by atoms with van der Waals surface area (Å²) >= 11 is 0. The fourth-order valence-corrected chi connectivity index (χ4v) is 6.33. The molecule has 0 unspecified atom stereocenters. The monoisotopic (exact) mass is 568 g/mol. The van der Waals surface area contributed by atoms with Gasteiger partial charge in [-0.25, -0.2) is 0 Å². The molecule has 4 aliphatic rings. The van der Waals surface area contributed by atoms with Gasteiger partial charge in [-0.3, -0.25) is 19.2 Å². The number of carbonyl (C=O) groups excluding carboxylic acids is 3. The number of methoxy groups -OCH3 is 2. The summed E-state index contributed by atoms with van der Waals surface area (Å²) in [6.07, 6.45) is 8.55. The molecule has 228 valence electrons. The van der Waals surface area contributed by atoms with Crippen molar-refractivity contribution in [2.45, 2.75) is 109 Å². The average molecular weight is 569 g/mol. The number of carbonyl (C=O) groups is 4. The molecule has 0 aromatic carbocycles. The Morgan fingerprint density at radius 2 is 1.18 bits per heavy atom. The van der Waals surface area contributed by atoms with E-state index in [4.69, 9.17) is 18.9 Å². The predicted molar refractivity (Wildman–Crippen MR) is 144 cm³/mol. The Morgan fingerprint density at radius 1 is 0.750 bits per heavy atom. The summed E-state index contributed by atoms with van der Waals surface area (Å²) in [6, 6.07) is 0. The number of aliphatic carboxylic acids is 1. The molecular weight excluding hydrogens is 520 g/mol. The van der Waals surface area contributed by atoms with Crippen LogP contribution in [0.5, 0.6) is 0 Å². The summed E-state index contributed by atoms with van der Waals surface area (Å²) in [5.74, 6) is -1.68. The molecule has 2 saturated carbocycles. The fourth-order valence-electron chi connectivity index (χ4n) is 6.33. The van der Waals surface area contributed by atoms with E-state index in [1.807, 2.05) is 13.8 Å². The van der Waals surface area contributed by atoms with Gasteiger partial charge in [0.2, 0.25) is 0 Å². The summed E-state index contributed by atoms with van der Waals surface area (Å²) in [4.78, 5) is 46.6. The number of hydrogen-bond acceptors (Lipinski definition) is 9. The van der Waals surface area contributed by atoms with Crippen LogP contribution in [0.2, 0.25) is 0 Å². The minimum atomic E-state index is -0.904. The van der Waals surface area contributed by atoms with Crippen LogP contribution in [0.1, 0.15) is 85.0 Å². The molecule has 10 heteroatoms. The van der Waals surface area contributed by atoms with Crippen molar-refractivity contribution < 1.29 is 48.0 Å². The zero-order valence-electron chi connectivity index (χ0n) is 24.7. The van der Waals surface area contributed by atoms with E-state index in [2.05, 4.69) is 4.74 Å². The number of carboxylic acid groups (broad SMARTS) is 1. The molecule has 40 heavy (non-hydrogen) atoms. The largest absolute Gasteiger partial charge is 0.481 e. The number of hydrogen-bond donors (Lipinski definition) is 1. The zero-order chi connectivity index (χ0) is 29.4. The van der Waals surface area contributed by atoms with Crippen LogP contribution >= 0.6 is 0 Å². The molecule has 2 aliphatic carbocycles. The van der Waals surface area contributed by atoms with E-state index in [1.54, 1.807) is 6.92 Å². The minimum absolute atomic E-state index is 0.00551. The first-order valence-electron chi connectivity index (χ1n) is 14.9. The Morgan fingerprint density at radius 3 is 1.55 bits per heavy atom. The lowest BCUT2D eigenvalue weighted by molar-refractivity contribution is -0.160. The molecule has 0 aromatic heterocycles. The van der Waals surface area contributed by atoms with Crippen molar-refractivity contribution in [1.82, 2.24) is 0 Å². The molecule has 4 rings (SSSR count). The Labute approximate surface area is 237 Å². The van der Waals surface area contributed by atoms with Crippen molar-refractivity contribution in [2.75, 3.05) is 20.8 Å². The first-order chi connectivity index (χ1) is 19.1. The highest BCUT2D eigenvalue weighted by atomic mass is 16.5. The van der Waals surface area contributed by atoms with Crippen LogP contribution in [-0.2, 0) is 42.9 Å². The Kier molecular flexibility index (Phi) is 12.2. The summed E-state index contributed by atoms with van der Waals surface area (Å²) in [7, 11) is 2.64. The minimum Gasteiger partial charge on any atom is -0.481 e. The van der Waals surface area contributed by atoms with Crippen molar-refractivity contribution in [3.05, 3.63) is 0 Å². The standard InChI is InChI=1S/C16H26O5.C14H22O5/c1-4-20-16(18)13(9-15(17)19-3)12-7-10(2)21-14(8-12)11-5-6-11;1-8-5-10(6-12(19-8)9-3-4-9)11(14(16)17)7-13(15)18-2/h10-14H,4-9H2,1-3H3;8-12H,3-7H2,1-2H3,(H,16,17)/t10-,12+,13+,14+;8-,10+,11+,12+/m11/s1. The molecule has 0 bridgehead atoms. The number of ether oxygens (including phenoxy) is 5. The molecule has 1 N–H and O–H groups in total. The predicted octanol–water partition coefficient (Wildman–Crippen LogP) is 4.17. The number of esters is 3. The molecule has 0 amide bonds. The second-order valence-corrected chi connectivity index (χ2v) is 12.0. The van der Waals surface area contributed by atoms with E-state index in [9.17, 15) is 24.3 Å². The molecule has 8 atom stereocenters. The molecule has 0 spiro atoms. The summed E-state index contributed by atoms with van der Waals surface area (Å²) in [5.41, 5.74) is 0. The lowest BCUT2D eigenvalue weighted by Crippen LogP contribution is -2.39. The lowest BCUT2D eigenvalue weighted by Gasteiger charge is -2.37. The van der Waals surface area contributed by atoms with Gasteiger partial charge in [0.15, 0.2) is 0 Å². The molecular formula is C30H48O10. The highest BCUT2D eigenvalue weighted by Crippen LogP contribution is 2.44. The molecule has 10 nitrogen and oxygen atoms in total. The van der Waals surface area contributed by atoms with Crippen molar-refractivity contribution in [1.29, 1.82) is 0 Å². The van der Waals surface area contributed by atoms with Crippen LogP contribution in [0.4, 0.5) is 0 Å². The Balaban J connectivity index is 0.000000222. The quantitative estimate of drug-likeness (QED) is 0.286. The maximum atomic E-state index is 12.2. The fraction of sp³-hybridized carbons (Fsp3) is 0.867. The van der Waals surface area contributed by atoms with Crippen molar-refractivity contribution >= 4 is 23.9 Å². The third-order valence-corrected chi connectivity index (χ3v) is 8.72. The van der Waals surface area contributed by atoms with E-state index in [-0.39, 0.29) is 61.0 Å². The third kappa shape index (κ3) is 9.72. The highest BCUT2D eigenvalue weighted by molar-refractivity contribution is 5.80. The molecule has 2 aliphatic heterocycles. The van der Waals surface area contributed by atoms with Gasteiger partial charge in [0.25, 0.3) is 0 Å². The first kappa shape index (κ1) is 32.3. The number of rotatable bonds is 11. The first-order valence-corrected chi connectivity index (χ1v) is 14.9. The smallest absolute Gasteiger partial charge is 0.309 e. The van der Waals surface area contributed by atoms with Crippen LogP contribution in [-0.4, -0.2) is 74.2 Å². The Bertz CT molecular complexity index is 867. The van der Waals surface area contributed by atoms with Gasteiger partial charge in [0, 0.05) is 0 Å². The van der Waals surface area contributed by atoms with E-state index in [1.165, 1.54) is 39.9 Å². The lowest BCUT2D eigenvalue weighted by atomic mass is 9.79. The molecule has 2 heterocycles. The van der Waals surface area contributed by atoms with Gasteiger partial charge in [-0.15, -0.1) is 0 Å². The Hall–Kier alpha value is -2.20. The van der Waals surface area contributed by atoms with Crippen molar-refractivity contribution in [3.8, 4) is 0 Å². The van der Waals surface area contributed by atoms with Crippen molar-refractivity contribution in [3.63, 3.8) is 0 Å². The van der Waals surface area contributed by atoms with E-state index < -0.39 is 23.8 Å². The molecule has 4 fully saturated rings. The maximum Gasteiger partial charge on any atom is 0.309 e. The maximum absolute atomic E-state index is 12.2. The van der Waals surface area contributed by atoms with Crippen LogP contribution in [0, 0.1) is 35.5 Å². The topological polar surface area (TPSA) is 135 Å². The highest BCUT2D eigenvalue weighted by Gasteiger charge is 2.44. The van der Waals surface area contributed by atoms with Gasteiger partial charge in [-0.05, 0) is 95.8 Å². The van der Waals surface area contributed by atoms with Crippen LogP contribution < -0.4 is 0 Å². The molecule has 2 saturated heterocycles. The third-order valence-electron chi connectivity index (χ3n) is 8.72. The van der Waals surface area contributed by atoms with E-state index >= 15 is 0 Å². The van der Waals surface area contributed by atoms with Crippen LogP contribution in [0.3, 0.4) is 0 Å². The van der Waals surface area contributed by atoms with Gasteiger partial charge in [-0.2, -0.15) is 0 Å². The molecule has 0 aromatic rings. The van der Waals surface area contributed by atoms with Gasteiger partial charge in [0.05, 0.1) is 69.9 Å². The van der Waals surface area contributed by atoms with Gasteiger partial charge < -0.3 is 28.8 Å². The second-order valence-electron chi connectivity index (χ2n) is 12.0. The van der Waals surface area contributed by atoms with Crippen LogP contribution in [0.25, 0.3) is 0 Å². The van der Waals surface area contributed by atoms with Gasteiger partial charge in [0.1, 0.15) is 0 Å². The normalized spacial score (nSPS) is 31.5. The molecule has 0 radical (unpaired) electrons. The van der Waals surface area contributed by atoms with Gasteiger partial charge in [-0.1, -0.05) is 0 Å². The van der Waals surface area contributed by atoms with Gasteiger partial charge >= 0.3 is 23.9 Å². The van der Waals surface area contributed by atoms with Crippen molar-refractivity contribution in [2.24, 2.45) is 35.5 Å². The SMILES string of the molecule is CCOC(=O)[C@@H](CC(=O)OC)[C@H]1C[C@@H](C)O[C@H](C2CC2)C1.COC(=O)C[C@H](C(=O)O)[C@H]1C[C@@H](C)O[C@H](C2CC2)C1. The number of carboxylic acids is 1. The second kappa shape index (κ2) is 15.1. The average Bonchev–Trinajstić information content (AvgIpc) is 3.82. The summed E-state index contributed by atoms with van der Waals surface area (Å²) in [6.45, 7) is 6.15. The summed E-state index contributed by atoms with van der Waals surface area (Å²) < 4.78 is 26.4. The van der Waals surface area contributed by atoms with E-state index in [0.717, 1.165) is 19.3 Å². The van der Waals surface area contributed by atoms with Crippen LogP contribution in [0.15, 0.2) is 0 Å².